The van der Waals surface area contributed by atoms with E-state index in [1.165, 1.54) is 19.4 Å². The maximum Gasteiger partial charge on any atom is 0.337 e. The Morgan fingerprint density at radius 1 is 1.64 bits per heavy atom. The van der Waals surface area contributed by atoms with Crippen molar-refractivity contribution in [2.75, 3.05) is 7.11 Å². The van der Waals surface area contributed by atoms with Crippen LogP contribution in [-0.2, 0) is 9.53 Å². The molecule has 1 aromatic heterocycles. The summed E-state index contributed by atoms with van der Waals surface area (Å²) in [5, 5.41) is 2.68. The first-order valence-corrected chi connectivity index (χ1v) is 3.76. The fourth-order valence-corrected chi connectivity index (χ4v) is 0.938. The number of nitroso groups, excluding NO2 is 1. The van der Waals surface area contributed by atoms with Crippen molar-refractivity contribution in [1.82, 2.24) is 4.98 Å². The fourth-order valence-electron chi connectivity index (χ4n) is 0.938. The van der Waals surface area contributed by atoms with Gasteiger partial charge in [0.05, 0.1) is 12.7 Å². The van der Waals surface area contributed by atoms with E-state index in [1.54, 1.807) is 6.07 Å². The van der Waals surface area contributed by atoms with Crippen LogP contribution in [0.3, 0.4) is 0 Å². The van der Waals surface area contributed by atoms with Crippen molar-refractivity contribution in [2.45, 2.75) is 0 Å². The number of carbonyl (C=O) groups excluding carboxylic acids is 1. The SMILES string of the molecule is C=C(C(=O)OC)c1cccnc1N=O. The number of esters is 1. The molecule has 1 heterocycles. The summed E-state index contributed by atoms with van der Waals surface area (Å²) in [6.45, 7) is 3.49. The maximum absolute atomic E-state index is 11.1. The number of hydrogen-bond acceptors (Lipinski definition) is 5. The summed E-state index contributed by atoms with van der Waals surface area (Å²) in [4.78, 5) is 25.1. The van der Waals surface area contributed by atoms with Crippen LogP contribution in [0.5, 0.6) is 0 Å². The Balaban J connectivity index is 3.12. The molecule has 0 bridgehead atoms. The Hall–Kier alpha value is -2.04. The third-order valence-electron chi connectivity index (χ3n) is 1.63. The number of nitrogens with zero attached hydrogens (tertiary/aromatic N) is 2. The molecule has 0 spiro atoms. The Morgan fingerprint density at radius 2 is 2.36 bits per heavy atom. The molecule has 5 heteroatoms. The summed E-state index contributed by atoms with van der Waals surface area (Å²) in [5.41, 5.74) is 0.351. The average Bonchev–Trinajstić information content (AvgIpc) is 2.26. The number of hydrogen-bond donors (Lipinski definition) is 0. The minimum absolute atomic E-state index is 0.0650. The summed E-state index contributed by atoms with van der Waals surface area (Å²) in [7, 11) is 1.23. The molecule has 72 valence electrons. The third-order valence-corrected chi connectivity index (χ3v) is 1.63. The summed E-state index contributed by atoms with van der Waals surface area (Å²) < 4.78 is 4.46. The van der Waals surface area contributed by atoms with Crippen LogP contribution in [0.4, 0.5) is 5.82 Å². The minimum atomic E-state index is -0.608. The van der Waals surface area contributed by atoms with Crippen molar-refractivity contribution < 1.29 is 9.53 Å². The van der Waals surface area contributed by atoms with Crippen molar-refractivity contribution in [3.8, 4) is 0 Å². The van der Waals surface area contributed by atoms with E-state index in [0.717, 1.165) is 0 Å². The predicted molar refractivity (Wildman–Crippen MR) is 50.7 cm³/mol. The molecule has 0 aliphatic rings. The zero-order valence-electron chi connectivity index (χ0n) is 7.56. The lowest BCUT2D eigenvalue weighted by Gasteiger charge is -2.03. The van der Waals surface area contributed by atoms with Gasteiger partial charge in [0, 0.05) is 11.8 Å². The van der Waals surface area contributed by atoms with Crippen LogP contribution >= 0.6 is 0 Å². The van der Waals surface area contributed by atoms with Gasteiger partial charge in [0.15, 0.2) is 0 Å². The Kier molecular flexibility index (Phi) is 3.06. The van der Waals surface area contributed by atoms with E-state index >= 15 is 0 Å². The van der Waals surface area contributed by atoms with E-state index in [-0.39, 0.29) is 17.0 Å². The van der Waals surface area contributed by atoms with Crippen LogP contribution in [0.1, 0.15) is 5.56 Å². The van der Waals surface area contributed by atoms with Crippen LogP contribution in [0.15, 0.2) is 30.1 Å². The second kappa shape index (κ2) is 4.27. The standard InChI is InChI=1S/C9H8N2O3/c1-6(9(12)14-2)7-4-3-5-10-8(7)11-13/h3-5H,1H2,2H3. The van der Waals surface area contributed by atoms with Crippen LogP contribution in [0, 0.1) is 4.91 Å². The van der Waals surface area contributed by atoms with E-state index in [0.29, 0.717) is 0 Å². The largest absolute Gasteiger partial charge is 0.465 e. The van der Waals surface area contributed by atoms with Gasteiger partial charge in [0.1, 0.15) is 0 Å². The van der Waals surface area contributed by atoms with Crippen molar-refractivity contribution in [3.63, 3.8) is 0 Å². The predicted octanol–water partition coefficient (Wildman–Crippen LogP) is 1.67. The fraction of sp³-hybridized carbons (Fsp3) is 0.111. The number of ether oxygens (including phenoxy) is 1. The van der Waals surface area contributed by atoms with Crippen molar-refractivity contribution >= 4 is 17.4 Å². The molecule has 5 nitrogen and oxygen atoms in total. The lowest BCUT2D eigenvalue weighted by molar-refractivity contribution is -0.133. The molecule has 0 aromatic carbocycles. The maximum atomic E-state index is 11.1. The van der Waals surface area contributed by atoms with Gasteiger partial charge in [-0.25, -0.2) is 9.78 Å². The van der Waals surface area contributed by atoms with Gasteiger partial charge in [-0.1, -0.05) is 6.58 Å². The number of pyridine rings is 1. The van der Waals surface area contributed by atoms with Crippen LogP contribution in [0.2, 0.25) is 0 Å². The minimum Gasteiger partial charge on any atom is -0.465 e. The molecule has 0 atom stereocenters. The van der Waals surface area contributed by atoms with E-state index < -0.39 is 5.97 Å². The molecule has 0 aliphatic carbocycles. The summed E-state index contributed by atoms with van der Waals surface area (Å²) >= 11 is 0. The highest BCUT2D eigenvalue weighted by Gasteiger charge is 2.14. The molecule has 1 aromatic rings. The number of aromatic nitrogens is 1. The highest BCUT2D eigenvalue weighted by molar-refractivity contribution is 6.16. The van der Waals surface area contributed by atoms with E-state index in [4.69, 9.17) is 0 Å². The van der Waals surface area contributed by atoms with Gasteiger partial charge in [0.2, 0.25) is 5.82 Å². The zero-order chi connectivity index (χ0) is 10.6. The first kappa shape index (κ1) is 10.0. The monoisotopic (exact) mass is 192 g/mol. The Morgan fingerprint density at radius 3 is 2.93 bits per heavy atom. The lowest BCUT2D eigenvalue weighted by atomic mass is 10.1. The molecule has 0 saturated carbocycles. The van der Waals surface area contributed by atoms with Crippen LogP contribution < -0.4 is 0 Å². The second-order valence-electron chi connectivity index (χ2n) is 2.44. The summed E-state index contributed by atoms with van der Waals surface area (Å²) in [5.74, 6) is -0.675. The van der Waals surface area contributed by atoms with E-state index in [9.17, 15) is 9.70 Å². The highest BCUT2D eigenvalue weighted by Crippen LogP contribution is 2.22. The summed E-state index contributed by atoms with van der Waals surface area (Å²) in [6, 6.07) is 3.11. The topological polar surface area (TPSA) is 68.6 Å². The highest BCUT2D eigenvalue weighted by atomic mass is 16.5. The second-order valence-corrected chi connectivity index (χ2v) is 2.44. The molecular formula is C9H8N2O3. The molecule has 0 N–H and O–H groups in total. The lowest BCUT2D eigenvalue weighted by Crippen LogP contribution is -2.03. The molecule has 1 rings (SSSR count). The van der Waals surface area contributed by atoms with Crippen molar-refractivity contribution in [2.24, 2.45) is 5.18 Å². The molecular weight excluding hydrogens is 184 g/mol. The Bertz CT molecular complexity index is 387. The van der Waals surface area contributed by atoms with Crippen molar-refractivity contribution in [1.29, 1.82) is 0 Å². The number of carbonyl (C=O) groups is 1. The molecule has 0 saturated heterocycles. The average molecular weight is 192 g/mol. The smallest absolute Gasteiger partial charge is 0.337 e. The number of methoxy groups -OCH3 is 1. The van der Waals surface area contributed by atoms with Gasteiger partial charge in [-0.05, 0) is 17.3 Å². The zero-order valence-corrected chi connectivity index (χ0v) is 7.56. The molecule has 0 fully saturated rings. The molecule has 14 heavy (non-hydrogen) atoms. The van der Waals surface area contributed by atoms with E-state index in [2.05, 4.69) is 21.5 Å². The third kappa shape index (κ3) is 1.82. The molecule has 0 amide bonds. The van der Waals surface area contributed by atoms with Gasteiger partial charge in [-0.15, -0.1) is 4.91 Å². The normalized spacial score (nSPS) is 9.21. The first-order chi connectivity index (χ1) is 6.70. The summed E-state index contributed by atoms with van der Waals surface area (Å²) in [6.07, 6.45) is 1.41. The molecule has 0 aliphatic heterocycles. The Labute approximate surface area is 80.4 Å². The van der Waals surface area contributed by atoms with Crippen LogP contribution in [0.25, 0.3) is 5.57 Å². The first-order valence-electron chi connectivity index (χ1n) is 3.76. The van der Waals surface area contributed by atoms with Gasteiger partial charge < -0.3 is 4.74 Å². The van der Waals surface area contributed by atoms with Gasteiger partial charge in [0.25, 0.3) is 0 Å². The number of rotatable bonds is 3. The molecule has 0 unspecified atom stereocenters. The van der Waals surface area contributed by atoms with E-state index in [1.807, 2.05) is 0 Å². The quantitative estimate of drug-likeness (QED) is 0.415. The van der Waals surface area contributed by atoms with Crippen molar-refractivity contribution in [3.05, 3.63) is 35.4 Å². The van der Waals surface area contributed by atoms with Gasteiger partial charge >= 0.3 is 5.97 Å². The van der Waals surface area contributed by atoms with Gasteiger partial charge in [-0.2, -0.15) is 0 Å². The van der Waals surface area contributed by atoms with Crippen LogP contribution in [-0.4, -0.2) is 18.1 Å². The van der Waals surface area contributed by atoms with Gasteiger partial charge in [-0.3, -0.25) is 0 Å². The molecule has 0 radical (unpaired) electrons.